The second kappa shape index (κ2) is 9.07. The summed E-state index contributed by atoms with van der Waals surface area (Å²) in [4.78, 5) is 26.7. The monoisotopic (exact) mass is 411 g/mol. The number of ether oxygens (including phenoxy) is 1. The highest BCUT2D eigenvalue weighted by molar-refractivity contribution is 6.03. The van der Waals surface area contributed by atoms with Gasteiger partial charge in [-0.1, -0.05) is 38.1 Å². The molecule has 0 radical (unpaired) electrons. The molecule has 1 aliphatic rings. The lowest BCUT2D eigenvalue weighted by atomic mass is 9.98. The summed E-state index contributed by atoms with van der Waals surface area (Å²) in [6, 6.07) is 13.2. The number of hydrazone groups is 1. The van der Waals surface area contributed by atoms with Gasteiger partial charge in [0.15, 0.2) is 0 Å². The minimum atomic E-state index is -0.328. The van der Waals surface area contributed by atoms with E-state index in [2.05, 4.69) is 5.10 Å². The molecule has 1 aliphatic heterocycles. The Balaban J connectivity index is 1.89. The zero-order valence-corrected chi connectivity index (χ0v) is 17.6. The molecule has 0 aromatic heterocycles. The van der Waals surface area contributed by atoms with Gasteiger partial charge in [-0.2, -0.15) is 5.10 Å². The Morgan fingerprint density at radius 3 is 2.37 bits per heavy atom. The van der Waals surface area contributed by atoms with Gasteiger partial charge in [0.1, 0.15) is 18.1 Å². The average Bonchev–Trinajstić information content (AvgIpc) is 3.19. The molecule has 0 fully saturated rings. The molecule has 1 heterocycles. The molecule has 2 aromatic rings. The van der Waals surface area contributed by atoms with Crippen LogP contribution < -0.4 is 4.74 Å². The van der Waals surface area contributed by atoms with Crippen LogP contribution in [0.5, 0.6) is 5.75 Å². The number of methoxy groups -OCH3 is 1. The Bertz CT molecular complexity index is 939. The van der Waals surface area contributed by atoms with Crippen molar-refractivity contribution in [3.05, 3.63) is 65.5 Å². The van der Waals surface area contributed by atoms with E-state index in [4.69, 9.17) is 4.74 Å². The van der Waals surface area contributed by atoms with Crippen LogP contribution in [0.4, 0.5) is 4.39 Å². The Kier molecular flexibility index (Phi) is 6.50. The summed E-state index contributed by atoms with van der Waals surface area (Å²) < 4.78 is 18.5. The fourth-order valence-electron chi connectivity index (χ4n) is 3.44. The van der Waals surface area contributed by atoms with Gasteiger partial charge in [0, 0.05) is 19.4 Å². The van der Waals surface area contributed by atoms with Gasteiger partial charge in [-0.25, -0.2) is 9.40 Å². The predicted molar refractivity (Wildman–Crippen MR) is 113 cm³/mol. The van der Waals surface area contributed by atoms with Crippen LogP contribution in [0.2, 0.25) is 0 Å². The van der Waals surface area contributed by atoms with Crippen LogP contribution in [0.1, 0.15) is 37.4 Å². The van der Waals surface area contributed by atoms with E-state index in [0.29, 0.717) is 12.1 Å². The van der Waals surface area contributed by atoms with Crippen LogP contribution in [-0.2, 0) is 9.59 Å². The Morgan fingerprint density at radius 1 is 1.17 bits per heavy atom. The molecule has 3 rings (SSSR count). The number of carbonyl (C=O) groups excluding carboxylic acids is 2. The van der Waals surface area contributed by atoms with Crippen LogP contribution in [0.25, 0.3) is 0 Å². The number of likely N-dealkylation sites (N-methyl/N-ethyl adjacent to an activating group) is 1. The first-order valence-electron chi connectivity index (χ1n) is 9.84. The number of nitrogens with zero attached hydrogens (tertiary/aromatic N) is 3. The minimum absolute atomic E-state index is 0.0656. The molecule has 0 saturated heterocycles. The molecule has 0 unspecified atom stereocenters. The van der Waals surface area contributed by atoms with Gasteiger partial charge in [0.25, 0.3) is 5.91 Å². The van der Waals surface area contributed by atoms with Gasteiger partial charge in [0.05, 0.1) is 18.9 Å². The van der Waals surface area contributed by atoms with Crippen molar-refractivity contribution in [3.8, 4) is 5.75 Å². The van der Waals surface area contributed by atoms with Crippen molar-refractivity contribution < 1.29 is 18.7 Å². The zero-order chi connectivity index (χ0) is 21.8. The van der Waals surface area contributed by atoms with Gasteiger partial charge in [-0.15, -0.1) is 0 Å². The smallest absolute Gasteiger partial charge is 0.262 e. The Labute approximate surface area is 175 Å². The quantitative estimate of drug-likeness (QED) is 0.729. The Hall–Kier alpha value is -3.22. The Morgan fingerprint density at radius 2 is 1.80 bits per heavy atom. The second-order valence-electron chi connectivity index (χ2n) is 7.63. The van der Waals surface area contributed by atoms with Crippen molar-refractivity contribution in [1.82, 2.24) is 9.91 Å². The van der Waals surface area contributed by atoms with Crippen molar-refractivity contribution >= 4 is 17.5 Å². The highest BCUT2D eigenvalue weighted by Crippen LogP contribution is 2.33. The highest BCUT2D eigenvalue weighted by Gasteiger charge is 2.34. The lowest BCUT2D eigenvalue weighted by Gasteiger charge is -2.25. The largest absolute Gasteiger partial charge is 0.497 e. The highest BCUT2D eigenvalue weighted by atomic mass is 19.1. The number of benzene rings is 2. The molecule has 2 amide bonds. The van der Waals surface area contributed by atoms with E-state index >= 15 is 0 Å². The van der Waals surface area contributed by atoms with Crippen LogP contribution in [0.15, 0.2) is 53.6 Å². The summed E-state index contributed by atoms with van der Waals surface area (Å²) >= 11 is 0. The van der Waals surface area contributed by atoms with Gasteiger partial charge in [-0.05, 0) is 35.4 Å². The molecule has 0 saturated carbocycles. The molecule has 6 nitrogen and oxygen atoms in total. The van der Waals surface area contributed by atoms with E-state index in [1.807, 2.05) is 24.3 Å². The SMILES string of the molecule is COc1ccc([C@@H]2CC(c3ccc(F)cc3)=NN2C(=O)CN(C)C(=O)C(C)C)cc1. The number of halogens is 1. The van der Waals surface area contributed by atoms with E-state index in [0.717, 1.165) is 16.9 Å². The maximum Gasteiger partial charge on any atom is 0.262 e. The molecule has 2 aromatic carbocycles. The van der Waals surface area contributed by atoms with Crippen LogP contribution in [-0.4, -0.2) is 48.1 Å². The predicted octanol–water partition coefficient (Wildman–Crippen LogP) is 3.63. The first kappa shape index (κ1) is 21.5. The number of hydrogen-bond acceptors (Lipinski definition) is 4. The maximum absolute atomic E-state index is 13.3. The van der Waals surface area contributed by atoms with Crippen molar-refractivity contribution in [2.45, 2.75) is 26.3 Å². The van der Waals surface area contributed by atoms with E-state index < -0.39 is 0 Å². The van der Waals surface area contributed by atoms with Crippen molar-refractivity contribution in [2.75, 3.05) is 20.7 Å². The van der Waals surface area contributed by atoms with E-state index in [9.17, 15) is 14.0 Å². The topological polar surface area (TPSA) is 62.2 Å². The number of carbonyl (C=O) groups is 2. The minimum Gasteiger partial charge on any atom is -0.497 e. The second-order valence-corrected chi connectivity index (χ2v) is 7.63. The number of rotatable bonds is 6. The first-order chi connectivity index (χ1) is 14.3. The molecule has 1 atom stereocenters. The molecular formula is C23H26FN3O3. The number of hydrogen-bond donors (Lipinski definition) is 0. The molecule has 30 heavy (non-hydrogen) atoms. The van der Waals surface area contributed by atoms with Gasteiger partial charge in [0.2, 0.25) is 5.91 Å². The van der Waals surface area contributed by atoms with Crippen molar-refractivity contribution in [3.63, 3.8) is 0 Å². The van der Waals surface area contributed by atoms with Crippen LogP contribution >= 0.6 is 0 Å². The van der Waals surface area contributed by atoms with Crippen LogP contribution in [0.3, 0.4) is 0 Å². The summed E-state index contributed by atoms with van der Waals surface area (Å²) in [7, 11) is 3.21. The average molecular weight is 411 g/mol. The molecule has 0 N–H and O–H groups in total. The fourth-order valence-corrected chi connectivity index (χ4v) is 3.44. The van der Waals surface area contributed by atoms with Crippen LogP contribution in [0, 0.1) is 11.7 Å². The zero-order valence-electron chi connectivity index (χ0n) is 17.6. The molecule has 158 valence electrons. The summed E-state index contributed by atoms with van der Waals surface area (Å²) in [5.74, 6) is -0.185. The van der Waals surface area contributed by atoms with E-state index in [1.54, 1.807) is 40.1 Å². The maximum atomic E-state index is 13.3. The molecular weight excluding hydrogens is 385 g/mol. The third-order valence-corrected chi connectivity index (χ3v) is 5.09. The third kappa shape index (κ3) is 4.67. The molecule has 0 spiro atoms. The number of amides is 2. The fraction of sp³-hybridized carbons (Fsp3) is 0.348. The lowest BCUT2D eigenvalue weighted by molar-refractivity contribution is -0.142. The van der Waals surface area contributed by atoms with Gasteiger partial charge < -0.3 is 9.64 Å². The van der Waals surface area contributed by atoms with Gasteiger partial charge >= 0.3 is 0 Å². The van der Waals surface area contributed by atoms with Crippen molar-refractivity contribution in [1.29, 1.82) is 0 Å². The summed E-state index contributed by atoms with van der Waals surface area (Å²) in [6.45, 7) is 3.53. The lowest BCUT2D eigenvalue weighted by Crippen LogP contribution is -2.40. The first-order valence-corrected chi connectivity index (χ1v) is 9.84. The summed E-state index contributed by atoms with van der Waals surface area (Å²) in [5, 5.41) is 5.99. The normalized spacial score (nSPS) is 15.9. The summed E-state index contributed by atoms with van der Waals surface area (Å²) in [6.07, 6.45) is 0.492. The molecule has 0 bridgehead atoms. The van der Waals surface area contributed by atoms with Gasteiger partial charge in [-0.3, -0.25) is 9.59 Å². The molecule has 0 aliphatic carbocycles. The summed E-state index contributed by atoms with van der Waals surface area (Å²) in [5.41, 5.74) is 2.36. The third-order valence-electron chi connectivity index (χ3n) is 5.09. The van der Waals surface area contributed by atoms with Crippen molar-refractivity contribution in [2.24, 2.45) is 11.0 Å². The van der Waals surface area contributed by atoms with E-state index in [-0.39, 0.29) is 36.1 Å². The molecule has 7 heteroatoms. The standard InChI is InChI=1S/C23H26FN3O3/c1-15(2)23(29)26(3)14-22(28)27-21(17-7-11-19(30-4)12-8-17)13-20(25-27)16-5-9-18(24)10-6-16/h5-12,15,21H,13-14H2,1-4H3/t21-/m0/s1. The van der Waals surface area contributed by atoms with E-state index in [1.165, 1.54) is 22.0 Å².